The Morgan fingerprint density at radius 1 is 1.07 bits per heavy atom. The van der Waals surface area contributed by atoms with Gasteiger partial charge in [-0.3, -0.25) is 4.99 Å². The van der Waals surface area contributed by atoms with E-state index in [1.807, 2.05) is 57.2 Å². The molecule has 29 heavy (non-hydrogen) atoms. The Hall–Kier alpha value is -3.21. The van der Waals surface area contributed by atoms with Gasteiger partial charge in [0, 0.05) is 12.6 Å². The van der Waals surface area contributed by atoms with Gasteiger partial charge in [0.25, 0.3) is 0 Å². The summed E-state index contributed by atoms with van der Waals surface area (Å²) >= 11 is 0. The number of nitrogens with zero attached hydrogens (tertiary/aromatic N) is 1. The molecule has 0 fully saturated rings. The fourth-order valence-corrected chi connectivity index (χ4v) is 3.26. The SMILES string of the molecule is COC(=O)c1cccc(-c2ccccc2CC2(C(=O)OC(C)(C)C)C=CC=N2)c1. The summed E-state index contributed by atoms with van der Waals surface area (Å²) in [5.41, 5.74) is 1.50. The summed E-state index contributed by atoms with van der Waals surface area (Å²) in [5.74, 6) is -0.772. The lowest BCUT2D eigenvalue weighted by Gasteiger charge is -2.28. The normalized spacial score (nSPS) is 17.9. The van der Waals surface area contributed by atoms with Crippen molar-refractivity contribution in [1.29, 1.82) is 0 Å². The molecule has 150 valence electrons. The highest BCUT2D eigenvalue weighted by Crippen LogP contribution is 2.32. The number of carbonyl (C=O) groups is 2. The van der Waals surface area contributed by atoms with Crippen LogP contribution in [0.15, 0.2) is 65.7 Å². The monoisotopic (exact) mass is 391 g/mol. The fourth-order valence-electron chi connectivity index (χ4n) is 3.26. The van der Waals surface area contributed by atoms with Crippen LogP contribution >= 0.6 is 0 Å². The first kappa shape index (κ1) is 20.5. The number of ether oxygens (including phenoxy) is 2. The topological polar surface area (TPSA) is 65.0 Å². The molecule has 0 aliphatic carbocycles. The number of carbonyl (C=O) groups excluding carboxylic acids is 2. The van der Waals surface area contributed by atoms with Crippen molar-refractivity contribution >= 4 is 18.2 Å². The van der Waals surface area contributed by atoms with Crippen molar-refractivity contribution in [2.24, 2.45) is 4.99 Å². The van der Waals surface area contributed by atoms with Gasteiger partial charge in [0.2, 0.25) is 0 Å². The van der Waals surface area contributed by atoms with Crippen LogP contribution in [0.2, 0.25) is 0 Å². The van der Waals surface area contributed by atoms with Gasteiger partial charge in [-0.15, -0.1) is 0 Å². The van der Waals surface area contributed by atoms with Crippen LogP contribution in [0, 0.1) is 0 Å². The summed E-state index contributed by atoms with van der Waals surface area (Å²) < 4.78 is 10.5. The molecular formula is C24H25NO4. The van der Waals surface area contributed by atoms with E-state index in [0.717, 1.165) is 16.7 Å². The van der Waals surface area contributed by atoms with Crippen molar-refractivity contribution in [3.63, 3.8) is 0 Å². The van der Waals surface area contributed by atoms with Gasteiger partial charge in [-0.05, 0) is 61.7 Å². The number of methoxy groups -OCH3 is 1. The predicted molar refractivity (Wildman–Crippen MR) is 113 cm³/mol. The Kier molecular flexibility index (Phi) is 5.69. The minimum Gasteiger partial charge on any atom is -0.465 e. The molecule has 3 rings (SSSR count). The molecule has 1 heterocycles. The number of hydrogen-bond donors (Lipinski definition) is 0. The number of esters is 2. The molecule has 0 radical (unpaired) electrons. The molecule has 0 saturated heterocycles. The van der Waals surface area contributed by atoms with Gasteiger partial charge in [-0.25, -0.2) is 9.59 Å². The summed E-state index contributed by atoms with van der Waals surface area (Å²) in [4.78, 5) is 29.3. The second-order valence-electron chi connectivity index (χ2n) is 7.97. The lowest BCUT2D eigenvalue weighted by atomic mass is 9.87. The zero-order valence-electron chi connectivity index (χ0n) is 17.1. The number of benzene rings is 2. The van der Waals surface area contributed by atoms with Crippen LogP contribution in [-0.4, -0.2) is 36.4 Å². The van der Waals surface area contributed by atoms with Crippen LogP contribution < -0.4 is 0 Å². The number of rotatable bonds is 5. The van der Waals surface area contributed by atoms with E-state index in [1.54, 1.807) is 30.5 Å². The van der Waals surface area contributed by atoms with E-state index >= 15 is 0 Å². The highest BCUT2D eigenvalue weighted by Gasteiger charge is 2.41. The van der Waals surface area contributed by atoms with Crippen molar-refractivity contribution in [2.45, 2.75) is 38.3 Å². The summed E-state index contributed by atoms with van der Waals surface area (Å²) in [6.07, 6.45) is 5.53. The second-order valence-corrected chi connectivity index (χ2v) is 7.97. The molecule has 0 aromatic heterocycles. The van der Waals surface area contributed by atoms with Crippen LogP contribution in [0.1, 0.15) is 36.7 Å². The summed E-state index contributed by atoms with van der Waals surface area (Å²) in [7, 11) is 1.36. The molecule has 5 nitrogen and oxygen atoms in total. The molecular weight excluding hydrogens is 366 g/mol. The van der Waals surface area contributed by atoms with Crippen molar-refractivity contribution in [3.8, 4) is 11.1 Å². The van der Waals surface area contributed by atoms with Gasteiger partial charge in [0.05, 0.1) is 12.7 Å². The molecule has 1 aliphatic rings. The molecule has 0 spiro atoms. The number of aliphatic imine (C=N–C) groups is 1. The van der Waals surface area contributed by atoms with Crippen molar-refractivity contribution in [2.75, 3.05) is 7.11 Å². The Labute approximate surface area is 171 Å². The van der Waals surface area contributed by atoms with E-state index < -0.39 is 17.1 Å². The molecule has 0 amide bonds. The lowest BCUT2D eigenvalue weighted by Crippen LogP contribution is -2.41. The van der Waals surface area contributed by atoms with E-state index in [1.165, 1.54) is 7.11 Å². The number of hydrogen-bond acceptors (Lipinski definition) is 5. The van der Waals surface area contributed by atoms with Crippen molar-refractivity contribution < 1.29 is 19.1 Å². The van der Waals surface area contributed by atoms with E-state index in [0.29, 0.717) is 12.0 Å². The average Bonchev–Trinajstić information content (AvgIpc) is 3.16. The zero-order chi connectivity index (χ0) is 21.1. The molecule has 0 saturated carbocycles. The second kappa shape index (κ2) is 8.03. The summed E-state index contributed by atoms with van der Waals surface area (Å²) in [6.45, 7) is 5.52. The van der Waals surface area contributed by atoms with Crippen molar-refractivity contribution in [3.05, 3.63) is 71.8 Å². The van der Waals surface area contributed by atoms with E-state index in [9.17, 15) is 9.59 Å². The number of allylic oxidation sites excluding steroid dienone is 1. The Morgan fingerprint density at radius 3 is 2.48 bits per heavy atom. The molecule has 1 atom stereocenters. The Balaban J connectivity index is 1.99. The Bertz CT molecular complexity index is 970. The standard InChI is InChI=1S/C24H25NO4/c1-23(2,3)29-22(27)24(13-8-14-25-24)16-19-9-5-6-12-20(19)17-10-7-11-18(15-17)21(26)28-4/h5-15H,16H2,1-4H3. The van der Waals surface area contributed by atoms with E-state index in [4.69, 9.17) is 9.47 Å². The third-order valence-corrected chi connectivity index (χ3v) is 4.59. The predicted octanol–water partition coefficient (Wildman–Crippen LogP) is 4.40. The highest BCUT2D eigenvalue weighted by molar-refractivity contribution is 5.93. The minimum absolute atomic E-state index is 0.355. The van der Waals surface area contributed by atoms with E-state index in [2.05, 4.69) is 4.99 Å². The molecule has 1 aliphatic heterocycles. The zero-order valence-corrected chi connectivity index (χ0v) is 17.1. The van der Waals surface area contributed by atoms with Gasteiger partial charge < -0.3 is 9.47 Å². The lowest BCUT2D eigenvalue weighted by molar-refractivity contribution is -0.159. The molecule has 2 aromatic rings. The third kappa shape index (κ3) is 4.62. The quantitative estimate of drug-likeness (QED) is 0.709. The first-order chi connectivity index (χ1) is 13.7. The summed E-state index contributed by atoms with van der Waals surface area (Å²) in [6, 6.07) is 15.0. The van der Waals surface area contributed by atoms with Gasteiger partial charge in [0.1, 0.15) is 5.60 Å². The Morgan fingerprint density at radius 2 is 1.83 bits per heavy atom. The third-order valence-electron chi connectivity index (χ3n) is 4.59. The minimum atomic E-state index is -1.09. The maximum atomic E-state index is 13.0. The van der Waals surface area contributed by atoms with Gasteiger partial charge in [-0.2, -0.15) is 0 Å². The van der Waals surface area contributed by atoms with Crippen LogP contribution in [0.25, 0.3) is 11.1 Å². The van der Waals surface area contributed by atoms with Gasteiger partial charge >= 0.3 is 11.9 Å². The fraction of sp³-hybridized carbons (Fsp3) is 0.292. The maximum Gasteiger partial charge on any atom is 0.338 e. The highest BCUT2D eigenvalue weighted by atomic mass is 16.6. The van der Waals surface area contributed by atoms with Crippen LogP contribution in [0.4, 0.5) is 0 Å². The summed E-state index contributed by atoms with van der Waals surface area (Å²) in [5, 5.41) is 0. The van der Waals surface area contributed by atoms with Gasteiger partial charge in [-0.1, -0.05) is 36.4 Å². The molecule has 0 bridgehead atoms. The molecule has 5 heteroatoms. The largest absolute Gasteiger partial charge is 0.465 e. The van der Waals surface area contributed by atoms with Crippen LogP contribution in [0.3, 0.4) is 0 Å². The van der Waals surface area contributed by atoms with E-state index in [-0.39, 0.29) is 5.97 Å². The van der Waals surface area contributed by atoms with Crippen LogP contribution in [-0.2, 0) is 20.7 Å². The first-order valence-electron chi connectivity index (χ1n) is 9.47. The molecule has 0 N–H and O–H groups in total. The maximum absolute atomic E-state index is 13.0. The smallest absolute Gasteiger partial charge is 0.338 e. The van der Waals surface area contributed by atoms with Crippen molar-refractivity contribution in [1.82, 2.24) is 0 Å². The molecule has 1 unspecified atom stereocenters. The molecule has 2 aromatic carbocycles. The van der Waals surface area contributed by atoms with Gasteiger partial charge in [0.15, 0.2) is 5.54 Å². The van der Waals surface area contributed by atoms with Crippen LogP contribution in [0.5, 0.6) is 0 Å². The average molecular weight is 391 g/mol. The first-order valence-corrected chi connectivity index (χ1v) is 9.47.